The maximum atomic E-state index is 5.84. The van der Waals surface area contributed by atoms with Crippen molar-refractivity contribution >= 4 is 16.7 Å². The highest BCUT2D eigenvalue weighted by atomic mass is 16.5. The van der Waals surface area contributed by atoms with Crippen LogP contribution in [-0.4, -0.2) is 11.6 Å². The molecule has 19 heavy (non-hydrogen) atoms. The summed E-state index contributed by atoms with van der Waals surface area (Å²) < 4.78 is 5.84. The molecule has 3 heteroatoms. The van der Waals surface area contributed by atoms with Crippen LogP contribution in [-0.2, 0) is 0 Å². The molecule has 0 saturated carbocycles. The van der Waals surface area contributed by atoms with E-state index in [2.05, 4.69) is 11.9 Å². The summed E-state index contributed by atoms with van der Waals surface area (Å²) in [5.74, 6) is 1.37. The van der Waals surface area contributed by atoms with Gasteiger partial charge in [-0.05, 0) is 24.6 Å². The lowest BCUT2D eigenvalue weighted by Gasteiger charge is -2.09. The van der Waals surface area contributed by atoms with Gasteiger partial charge in [-0.3, -0.25) is 0 Å². The van der Waals surface area contributed by atoms with Gasteiger partial charge < -0.3 is 10.5 Å². The number of para-hydroxylation sites is 1. The third-order valence-corrected chi connectivity index (χ3v) is 3.21. The number of hydrogen-bond acceptors (Lipinski definition) is 3. The molecule has 0 aliphatic heterocycles. The van der Waals surface area contributed by atoms with Crippen LogP contribution in [0.15, 0.2) is 30.3 Å². The molecule has 2 N–H and O–H groups in total. The second-order valence-corrected chi connectivity index (χ2v) is 4.83. The summed E-state index contributed by atoms with van der Waals surface area (Å²) in [5, 5.41) is 1.07. The van der Waals surface area contributed by atoms with Gasteiger partial charge in [0.1, 0.15) is 17.1 Å². The van der Waals surface area contributed by atoms with Gasteiger partial charge in [0.25, 0.3) is 0 Å². The molecule has 0 atom stereocenters. The van der Waals surface area contributed by atoms with Gasteiger partial charge in [0.05, 0.1) is 6.61 Å². The van der Waals surface area contributed by atoms with Crippen LogP contribution in [0.25, 0.3) is 10.9 Å². The van der Waals surface area contributed by atoms with Gasteiger partial charge in [0, 0.05) is 5.39 Å². The summed E-state index contributed by atoms with van der Waals surface area (Å²) in [6.07, 6.45) is 6.20. The number of fused-ring (bicyclic) bond motifs is 1. The van der Waals surface area contributed by atoms with E-state index in [-0.39, 0.29) is 0 Å². The zero-order valence-electron chi connectivity index (χ0n) is 11.6. The van der Waals surface area contributed by atoms with E-state index in [4.69, 9.17) is 10.5 Å². The highest BCUT2D eigenvalue weighted by molar-refractivity contribution is 5.85. The van der Waals surface area contributed by atoms with Crippen LogP contribution in [0, 0.1) is 0 Å². The Bertz CT molecular complexity index is 525. The number of nitrogens with two attached hydrogens (primary N) is 1. The molecule has 0 saturated heterocycles. The zero-order chi connectivity index (χ0) is 13.5. The van der Waals surface area contributed by atoms with Gasteiger partial charge in [-0.2, -0.15) is 0 Å². The molecule has 0 radical (unpaired) electrons. The molecule has 1 aromatic heterocycles. The average molecular weight is 258 g/mol. The molecular weight excluding hydrogens is 236 g/mol. The topological polar surface area (TPSA) is 48.1 Å². The lowest BCUT2D eigenvalue weighted by atomic mass is 10.2. The predicted molar refractivity (Wildman–Crippen MR) is 80.4 cm³/mol. The number of anilines is 1. The van der Waals surface area contributed by atoms with Gasteiger partial charge in [0.2, 0.25) is 0 Å². The second kappa shape index (κ2) is 6.98. The molecule has 0 aliphatic rings. The van der Waals surface area contributed by atoms with E-state index in [1.165, 1.54) is 25.7 Å². The van der Waals surface area contributed by atoms with Crippen LogP contribution >= 0.6 is 0 Å². The Morgan fingerprint density at radius 3 is 2.74 bits per heavy atom. The number of rotatable bonds is 7. The van der Waals surface area contributed by atoms with E-state index >= 15 is 0 Å². The Labute approximate surface area is 114 Å². The van der Waals surface area contributed by atoms with Gasteiger partial charge in [-0.25, -0.2) is 4.98 Å². The fourth-order valence-corrected chi connectivity index (χ4v) is 2.14. The number of nitrogens with zero attached hydrogens (tertiary/aromatic N) is 1. The molecule has 0 fully saturated rings. The lowest BCUT2D eigenvalue weighted by Crippen LogP contribution is -1.99. The Balaban J connectivity index is 1.95. The first kappa shape index (κ1) is 13.7. The van der Waals surface area contributed by atoms with Crippen LogP contribution in [0.1, 0.15) is 39.0 Å². The van der Waals surface area contributed by atoms with Crippen LogP contribution < -0.4 is 10.5 Å². The van der Waals surface area contributed by atoms with Crippen molar-refractivity contribution in [1.82, 2.24) is 4.98 Å². The highest BCUT2D eigenvalue weighted by Crippen LogP contribution is 2.24. The normalized spacial score (nSPS) is 10.8. The summed E-state index contributed by atoms with van der Waals surface area (Å²) >= 11 is 0. The number of hydrogen-bond donors (Lipinski definition) is 1. The predicted octanol–water partition coefficient (Wildman–Crippen LogP) is 4.17. The summed E-state index contributed by atoms with van der Waals surface area (Å²) in [6.45, 7) is 2.97. The van der Waals surface area contributed by atoms with Crippen molar-refractivity contribution in [1.29, 1.82) is 0 Å². The molecule has 1 aromatic carbocycles. The van der Waals surface area contributed by atoms with Gasteiger partial charge in [-0.1, -0.05) is 44.7 Å². The monoisotopic (exact) mass is 258 g/mol. The van der Waals surface area contributed by atoms with Gasteiger partial charge >= 0.3 is 0 Å². The maximum absolute atomic E-state index is 5.84. The largest absolute Gasteiger partial charge is 0.491 e. The van der Waals surface area contributed by atoms with E-state index in [1.54, 1.807) is 0 Å². The molecular formula is C16H22N2O. The number of unbranched alkanes of at least 4 members (excludes halogenated alkanes) is 4. The summed E-state index contributed by atoms with van der Waals surface area (Å²) in [6, 6.07) is 9.77. The van der Waals surface area contributed by atoms with Crippen LogP contribution in [0.3, 0.4) is 0 Å². The van der Waals surface area contributed by atoms with E-state index in [1.807, 2.05) is 30.3 Å². The van der Waals surface area contributed by atoms with E-state index in [0.29, 0.717) is 5.82 Å². The third kappa shape index (κ3) is 3.85. The Kier molecular flexibility index (Phi) is 5.01. The highest BCUT2D eigenvalue weighted by Gasteiger charge is 2.03. The van der Waals surface area contributed by atoms with Crippen LogP contribution in [0.4, 0.5) is 5.82 Å². The van der Waals surface area contributed by atoms with Crippen molar-refractivity contribution in [2.24, 2.45) is 0 Å². The fourth-order valence-electron chi connectivity index (χ4n) is 2.14. The van der Waals surface area contributed by atoms with Crippen molar-refractivity contribution in [3.05, 3.63) is 30.3 Å². The average Bonchev–Trinajstić information content (AvgIpc) is 2.43. The number of aromatic nitrogens is 1. The van der Waals surface area contributed by atoms with Gasteiger partial charge in [-0.15, -0.1) is 0 Å². The van der Waals surface area contributed by atoms with Gasteiger partial charge in [0.15, 0.2) is 0 Å². The number of benzene rings is 1. The quantitative estimate of drug-likeness (QED) is 0.758. The van der Waals surface area contributed by atoms with Crippen LogP contribution in [0.2, 0.25) is 0 Å². The first-order chi connectivity index (χ1) is 9.31. The molecule has 102 valence electrons. The van der Waals surface area contributed by atoms with Crippen molar-refractivity contribution < 1.29 is 4.74 Å². The van der Waals surface area contributed by atoms with Crippen LogP contribution in [0.5, 0.6) is 5.75 Å². The Hall–Kier alpha value is -1.77. The number of ether oxygens (including phenoxy) is 1. The molecule has 0 aliphatic carbocycles. The first-order valence-corrected chi connectivity index (χ1v) is 7.09. The summed E-state index contributed by atoms with van der Waals surface area (Å²) in [5.41, 5.74) is 6.59. The number of nitrogen functional groups attached to an aromatic ring is 1. The Morgan fingerprint density at radius 1 is 1.05 bits per heavy atom. The second-order valence-electron chi connectivity index (χ2n) is 4.83. The van der Waals surface area contributed by atoms with E-state index in [9.17, 15) is 0 Å². The molecule has 2 aromatic rings. The minimum atomic E-state index is 0.534. The molecule has 1 heterocycles. The molecule has 0 spiro atoms. The zero-order valence-corrected chi connectivity index (χ0v) is 11.6. The minimum absolute atomic E-state index is 0.534. The molecule has 0 bridgehead atoms. The first-order valence-electron chi connectivity index (χ1n) is 7.09. The number of pyridine rings is 1. The smallest absolute Gasteiger partial charge is 0.145 e. The minimum Gasteiger partial charge on any atom is -0.491 e. The van der Waals surface area contributed by atoms with Crippen molar-refractivity contribution in [2.45, 2.75) is 39.0 Å². The molecule has 0 amide bonds. The maximum Gasteiger partial charge on any atom is 0.145 e. The standard InChI is InChI=1S/C16H22N2O/c1-2-3-4-5-6-12-19-14-9-7-8-13-10-11-15(17)18-16(13)14/h7-11H,2-6,12H2,1H3,(H2,17,18). The SMILES string of the molecule is CCCCCCCOc1cccc2ccc(N)nc12. The third-order valence-electron chi connectivity index (χ3n) is 3.21. The Morgan fingerprint density at radius 2 is 1.89 bits per heavy atom. The molecule has 2 rings (SSSR count). The molecule has 3 nitrogen and oxygen atoms in total. The van der Waals surface area contributed by atoms with Crippen molar-refractivity contribution in [2.75, 3.05) is 12.3 Å². The summed E-state index contributed by atoms with van der Waals surface area (Å²) in [7, 11) is 0. The van der Waals surface area contributed by atoms with E-state index < -0.39 is 0 Å². The molecule has 0 unspecified atom stereocenters. The van der Waals surface area contributed by atoms with Crippen molar-refractivity contribution in [3.8, 4) is 5.75 Å². The lowest BCUT2D eigenvalue weighted by molar-refractivity contribution is 0.307. The van der Waals surface area contributed by atoms with Crippen molar-refractivity contribution in [3.63, 3.8) is 0 Å². The fraction of sp³-hybridized carbons (Fsp3) is 0.438. The summed E-state index contributed by atoms with van der Waals surface area (Å²) in [4.78, 5) is 4.36. The van der Waals surface area contributed by atoms with E-state index in [0.717, 1.165) is 29.7 Å².